The van der Waals surface area contributed by atoms with Gasteiger partial charge in [-0.05, 0) is 13.0 Å². The summed E-state index contributed by atoms with van der Waals surface area (Å²) in [6.45, 7) is 4.56. The van der Waals surface area contributed by atoms with Gasteiger partial charge in [0.05, 0.1) is 17.4 Å². The first-order valence-electron chi connectivity index (χ1n) is 8.67. The van der Waals surface area contributed by atoms with Crippen molar-refractivity contribution in [1.29, 1.82) is 0 Å². The molecule has 1 aromatic carbocycles. The number of hydrogen-bond acceptors (Lipinski definition) is 4. The molecule has 1 aliphatic rings. The minimum atomic E-state index is -0.768. The summed E-state index contributed by atoms with van der Waals surface area (Å²) in [4.78, 5) is 2.40. The van der Waals surface area contributed by atoms with Crippen LogP contribution >= 0.6 is 0 Å². The molecule has 132 valence electrons. The van der Waals surface area contributed by atoms with Crippen molar-refractivity contribution in [2.75, 3.05) is 18.1 Å². The second-order valence-electron chi connectivity index (χ2n) is 6.52. The smallest absolute Gasteiger partial charge is 0.0843 e. The van der Waals surface area contributed by atoms with E-state index in [0.717, 1.165) is 36.6 Å². The molecule has 0 amide bonds. The van der Waals surface area contributed by atoms with Crippen LogP contribution in [0.25, 0.3) is 10.9 Å². The monoisotopic (exact) mass is 357 g/mol. The van der Waals surface area contributed by atoms with Gasteiger partial charge in [0.2, 0.25) is 0 Å². The molecule has 1 saturated heterocycles. The lowest BCUT2D eigenvalue weighted by molar-refractivity contribution is 0.207. The van der Waals surface area contributed by atoms with E-state index >= 15 is 0 Å². The van der Waals surface area contributed by atoms with Crippen molar-refractivity contribution >= 4 is 21.7 Å². The van der Waals surface area contributed by atoms with Crippen LogP contribution in [0.4, 0.5) is 0 Å². The first kappa shape index (κ1) is 16.5. The van der Waals surface area contributed by atoms with Crippen LogP contribution in [0.5, 0.6) is 0 Å². The van der Waals surface area contributed by atoms with Crippen LogP contribution in [0.15, 0.2) is 36.7 Å². The predicted octanol–water partition coefficient (Wildman–Crippen LogP) is 2.10. The molecule has 2 aromatic heterocycles. The van der Waals surface area contributed by atoms with E-state index in [1.165, 1.54) is 10.9 Å². The fourth-order valence-electron chi connectivity index (χ4n) is 3.59. The van der Waals surface area contributed by atoms with Gasteiger partial charge in [-0.1, -0.05) is 18.2 Å². The molecule has 2 unspecified atom stereocenters. The van der Waals surface area contributed by atoms with E-state index in [1.807, 2.05) is 24.1 Å². The van der Waals surface area contributed by atoms with Crippen LogP contribution in [0.1, 0.15) is 24.2 Å². The molecule has 4 rings (SSSR count). The third-order valence-corrected chi connectivity index (χ3v) is 6.21. The van der Waals surface area contributed by atoms with Crippen molar-refractivity contribution in [2.45, 2.75) is 26.1 Å². The van der Waals surface area contributed by atoms with Gasteiger partial charge in [0, 0.05) is 72.2 Å². The van der Waals surface area contributed by atoms with Gasteiger partial charge in [-0.25, -0.2) is 0 Å². The molecule has 0 aliphatic carbocycles. The third-order valence-electron chi connectivity index (χ3n) is 4.89. The van der Waals surface area contributed by atoms with Crippen LogP contribution in [-0.4, -0.2) is 46.7 Å². The molecule has 0 saturated carbocycles. The van der Waals surface area contributed by atoms with Gasteiger partial charge in [-0.3, -0.25) is 18.5 Å². The number of para-hydroxylation sites is 1. The Morgan fingerprint density at radius 3 is 2.92 bits per heavy atom. The number of hydrogen-bond donors (Lipinski definition) is 0. The van der Waals surface area contributed by atoms with E-state index in [4.69, 9.17) is 5.10 Å². The van der Waals surface area contributed by atoms with Gasteiger partial charge >= 0.3 is 0 Å². The highest BCUT2D eigenvalue weighted by molar-refractivity contribution is 7.85. The van der Waals surface area contributed by atoms with E-state index < -0.39 is 10.8 Å². The zero-order valence-corrected chi connectivity index (χ0v) is 15.4. The average Bonchev–Trinajstić information content (AvgIpc) is 3.20. The zero-order chi connectivity index (χ0) is 17.4. The lowest BCUT2D eigenvalue weighted by Gasteiger charge is -2.34. The highest BCUT2D eigenvalue weighted by atomic mass is 32.2. The number of aryl methyl sites for hydroxylation is 2. The van der Waals surface area contributed by atoms with Gasteiger partial charge in [-0.2, -0.15) is 10.2 Å². The minimum absolute atomic E-state index is 0.133. The molecule has 3 heterocycles. The molecule has 25 heavy (non-hydrogen) atoms. The van der Waals surface area contributed by atoms with Crippen molar-refractivity contribution in [2.24, 2.45) is 7.05 Å². The van der Waals surface area contributed by atoms with Crippen LogP contribution in [0.2, 0.25) is 0 Å². The summed E-state index contributed by atoms with van der Waals surface area (Å²) in [5.41, 5.74) is 3.41. The van der Waals surface area contributed by atoms with E-state index in [0.29, 0.717) is 5.75 Å². The Bertz CT molecular complexity index is 915. The Kier molecular flexibility index (Phi) is 4.43. The van der Waals surface area contributed by atoms with Crippen LogP contribution < -0.4 is 0 Å². The molecule has 0 radical (unpaired) electrons. The van der Waals surface area contributed by atoms with Crippen molar-refractivity contribution in [3.05, 3.63) is 47.9 Å². The lowest BCUT2D eigenvalue weighted by Crippen LogP contribution is -2.40. The van der Waals surface area contributed by atoms with Crippen LogP contribution in [-0.2, 0) is 30.9 Å². The predicted molar refractivity (Wildman–Crippen MR) is 99.6 cm³/mol. The normalized spacial score (nSPS) is 21.8. The van der Waals surface area contributed by atoms with Crippen molar-refractivity contribution in [1.82, 2.24) is 24.5 Å². The second-order valence-corrected chi connectivity index (χ2v) is 8.15. The molecule has 7 heteroatoms. The Hall–Kier alpha value is -1.99. The molecule has 6 nitrogen and oxygen atoms in total. The lowest BCUT2D eigenvalue weighted by atomic mass is 10.1. The van der Waals surface area contributed by atoms with Crippen LogP contribution in [0.3, 0.4) is 0 Å². The Morgan fingerprint density at radius 1 is 1.32 bits per heavy atom. The van der Waals surface area contributed by atoms with Gasteiger partial charge in [0.25, 0.3) is 0 Å². The zero-order valence-electron chi connectivity index (χ0n) is 14.6. The number of rotatable bonds is 4. The molecular weight excluding hydrogens is 334 g/mol. The fraction of sp³-hybridized carbons (Fsp3) is 0.444. The number of nitrogens with zero attached hydrogens (tertiary/aromatic N) is 5. The third kappa shape index (κ3) is 3.14. The van der Waals surface area contributed by atoms with Gasteiger partial charge in [0.1, 0.15) is 0 Å². The van der Waals surface area contributed by atoms with E-state index in [9.17, 15) is 4.21 Å². The molecule has 0 bridgehead atoms. The summed E-state index contributed by atoms with van der Waals surface area (Å²) in [6, 6.07) is 8.53. The molecular formula is C18H23N5OS. The number of fused-ring (bicyclic) bond motifs is 1. The Labute approximate surface area is 149 Å². The maximum atomic E-state index is 12.2. The first-order valence-corrected chi connectivity index (χ1v) is 10.2. The molecule has 0 spiro atoms. The molecule has 1 fully saturated rings. The number of benzene rings is 1. The summed E-state index contributed by atoms with van der Waals surface area (Å²) in [7, 11) is 1.15. The van der Waals surface area contributed by atoms with E-state index in [2.05, 4.69) is 45.9 Å². The first-order chi connectivity index (χ1) is 12.2. The summed E-state index contributed by atoms with van der Waals surface area (Å²) in [6.07, 6.45) is 3.92. The quantitative estimate of drug-likeness (QED) is 0.717. The maximum Gasteiger partial charge on any atom is 0.0843 e. The molecule has 0 N–H and O–H groups in total. The minimum Gasteiger partial charge on any atom is -0.288 e. The van der Waals surface area contributed by atoms with E-state index in [1.54, 1.807) is 0 Å². The Morgan fingerprint density at radius 2 is 2.16 bits per heavy atom. The topological polar surface area (TPSA) is 56.0 Å². The molecule has 3 aromatic rings. The SMILES string of the molecule is CCn1nc(CN2CCS(=O)CC2c2cnn(C)c2)c2ccccc21. The Balaban J connectivity index is 1.67. The summed E-state index contributed by atoms with van der Waals surface area (Å²) < 4.78 is 16.0. The van der Waals surface area contributed by atoms with Crippen molar-refractivity contribution in [3.8, 4) is 0 Å². The largest absolute Gasteiger partial charge is 0.288 e. The summed E-state index contributed by atoms with van der Waals surface area (Å²) in [5, 5.41) is 10.3. The van der Waals surface area contributed by atoms with Gasteiger partial charge < -0.3 is 0 Å². The highest BCUT2D eigenvalue weighted by Crippen LogP contribution is 2.28. The van der Waals surface area contributed by atoms with Crippen molar-refractivity contribution < 1.29 is 4.21 Å². The fourth-order valence-corrected chi connectivity index (χ4v) is 4.95. The van der Waals surface area contributed by atoms with Crippen molar-refractivity contribution in [3.63, 3.8) is 0 Å². The second kappa shape index (κ2) is 6.72. The highest BCUT2D eigenvalue weighted by Gasteiger charge is 2.29. The molecule has 1 aliphatic heterocycles. The van der Waals surface area contributed by atoms with E-state index in [-0.39, 0.29) is 6.04 Å². The standard InChI is InChI=1S/C18H23N5OS/c1-3-23-17-7-5-4-6-15(17)16(20-23)12-22-8-9-25(24)13-18(22)14-10-19-21(2)11-14/h4-7,10-11,18H,3,8-9,12-13H2,1-2H3. The maximum absolute atomic E-state index is 12.2. The number of aromatic nitrogens is 4. The van der Waals surface area contributed by atoms with Crippen LogP contribution in [0, 0.1) is 0 Å². The summed E-state index contributed by atoms with van der Waals surface area (Å²) >= 11 is 0. The average molecular weight is 357 g/mol. The van der Waals surface area contributed by atoms with Gasteiger partial charge in [0.15, 0.2) is 0 Å². The van der Waals surface area contributed by atoms with Gasteiger partial charge in [-0.15, -0.1) is 0 Å². The molecule has 2 atom stereocenters. The summed E-state index contributed by atoms with van der Waals surface area (Å²) in [5.74, 6) is 1.39.